The summed E-state index contributed by atoms with van der Waals surface area (Å²) in [5.74, 6) is -0.498. The van der Waals surface area contributed by atoms with Crippen molar-refractivity contribution in [3.05, 3.63) is 17.0 Å². The summed E-state index contributed by atoms with van der Waals surface area (Å²) >= 11 is 1.02. The van der Waals surface area contributed by atoms with E-state index >= 15 is 0 Å². The number of carboxylic acid groups (broad SMARTS) is 1. The molecule has 7 heteroatoms. The third-order valence-corrected chi connectivity index (χ3v) is 6.18. The van der Waals surface area contributed by atoms with Crippen molar-refractivity contribution in [2.75, 3.05) is 0 Å². The maximum absolute atomic E-state index is 12.1. The van der Waals surface area contributed by atoms with Crippen LogP contribution >= 0.6 is 11.3 Å². The Morgan fingerprint density at radius 1 is 1.53 bits per heavy atom. The lowest BCUT2D eigenvalue weighted by atomic mass is 10.2. The molecular formula is C12H17NO4S2. The van der Waals surface area contributed by atoms with E-state index in [9.17, 15) is 13.2 Å². The summed E-state index contributed by atoms with van der Waals surface area (Å²) in [5, 5.41) is 8.67. The quantitative estimate of drug-likeness (QED) is 0.805. The van der Waals surface area contributed by atoms with Crippen LogP contribution in [0.25, 0.3) is 0 Å². The van der Waals surface area contributed by atoms with Gasteiger partial charge in [0.1, 0.15) is 4.21 Å². The Morgan fingerprint density at radius 2 is 2.26 bits per heavy atom. The van der Waals surface area contributed by atoms with E-state index in [0.717, 1.165) is 30.6 Å². The molecule has 2 rings (SSSR count). The first-order valence-electron chi connectivity index (χ1n) is 6.25. The number of carboxylic acids is 1. The minimum Gasteiger partial charge on any atom is -0.481 e. The van der Waals surface area contributed by atoms with Crippen molar-refractivity contribution in [2.45, 2.75) is 42.9 Å². The summed E-state index contributed by atoms with van der Waals surface area (Å²) in [5.41, 5.74) is 0. The van der Waals surface area contributed by atoms with E-state index in [1.807, 2.05) is 0 Å². The molecule has 0 spiro atoms. The van der Waals surface area contributed by atoms with E-state index < -0.39 is 16.0 Å². The molecule has 1 fully saturated rings. The van der Waals surface area contributed by atoms with Crippen LogP contribution in [0.4, 0.5) is 0 Å². The molecule has 1 saturated carbocycles. The Morgan fingerprint density at radius 3 is 2.89 bits per heavy atom. The maximum Gasteiger partial charge on any atom is 0.308 e. The fraction of sp³-hybridized carbons (Fsp3) is 0.583. The fourth-order valence-electron chi connectivity index (χ4n) is 2.09. The fourth-order valence-corrected chi connectivity index (χ4v) is 4.77. The van der Waals surface area contributed by atoms with Gasteiger partial charge in [-0.2, -0.15) is 0 Å². The molecule has 0 saturated heterocycles. The topological polar surface area (TPSA) is 83.5 Å². The van der Waals surface area contributed by atoms with Crippen LogP contribution in [0.1, 0.15) is 31.1 Å². The summed E-state index contributed by atoms with van der Waals surface area (Å²) in [6.07, 6.45) is 2.87. The summed E-state index contributed by atoms with van der Waals surface area (Å²) in [4.78, 5) is 11.1. The van der Waals surface area contributed by atoms with Gasteiger partial charge in [-0.25, -0.2) is 13.1 Å². The van der Waals surface area contributed by atoms with Gasteiger partial charge in [0, 0.05) is 10.9 Å². The Balaban J connectivity index is 2.00. The molecule has 1 aromatic heterocycles. The molecule has 19 heavy (non-hydrogen) atoms. The highest BCUT2D eigenvalue weighted by Gasteiger charge is 2.39. The number of sulfonamides is 1. The SMILES string of the molecule is CCCC1CC1NS(=O)(=O)c1ccc(CC(=O)O)s1. The molecule has 0 radical (unpaired) electrons. The largest absolute Gasteiger partial charge is 0.481 e. The van der Waals surface area contributed by atoms with Gasteiger partial charge in [-0.05, 0) is 30.9 Å². The van der Waals surface area contributed by atoms with Gasteiger partial charge in [-0.3, -0.25) is 4.79 Å². The molecule has 1 aliphatic carbocycles. The molecule has 1 heterocycles. The minimum absolute atomic E-state index is 0.0509. The average molecular weight is 303 g/mol. The van der Waals surface area contributed by atoms with E-state index in [1.165, 1.54) is 6.07 Å². The van der Waals surface area contributed by atoms with Gasteiger partial charge >= 0.3 is 5.97 Å². The van der Waals surface area contributed by atoms with Crippen LogP contribution in [0, 0.1) is 5.92 Å². The lowest BCUT2D eigenvalue weighted by Gasteiger charge is -2.03. The van der Waals surface area contributed by atoms with Crippen LogP contribution < -0.4 is 4.72 Å². The molecule has 2 unspecified atom stereocenters. The van der Waals surface area contributed by atoms with Crippen LogP contribution in [0.5, 0.6) is 0 Å². The molecule has 0 aromatic carbocycles. The van der Waals surface area contributed by atoms with Gasteiger partial charge < -0.3 is 5.11 Å². The Kier molecular flexibility index (Phi) is 4.27. The van der Waals surface area contributed by atoms with Gasteiger partial charge in [0.2, 0.25) is 10.0 Å². The van der Waals surface area contributed by atoms with E-state index in [-0.39, 0.29) is 16.7 Å². The zero-order valence-electron chi connectivity index (χ0n) is 10.6. The molecule has 0 aliphatic heterocycles. The normalized spacial score (nSPS) is 22.4. The van der Waals surface area contributed by atoms with Crippen LogP contribution in [-0.4, -0.2) is 25.5 Å². The molecule has 0 amide bonds. The molecule has 2 atom stereocenters. The van der Waals surface area contributed by atoms with Crippen molar-refractivity contribution >= 4 is 27.3 Å². The third-order valence-electron chi connectivity index (χ3n) is 3.12. The summed E-state index contributed by atoms with van der Waals surface area (Å²) in [6, 6.07) is 3.08. The van der Waals surface area contributed by atoms with Gasteiger partial charge in [0.15, 0.2) is 0 Å². The molecule has 1 aliphatic rings. The van der Waals surface area contributed by atoms with Gasteiger partial charge in [0.25, 0.3) is 0 Å². The summed E-state index contributed by atoms with van der Waals surface area (Å²) in [6.45, 7) is 2.08. The van der Waals surface area contributed by atoms with Gasteiger partial charge in [-0.15, -0.1) is 11.3 Å². The highest BCUT2D eigenvalue weighted by atomic mass is 32.2. The van der Waals surface area contributed by atoms with Crippen molar-refractivity contribution in [1.29, 1.82) is 0 Å². The predicted molar refractivity (Wildman–Crippen MR) is 72.8 cm³/mol. The molecular weight excluding hydrogens is 286 g/mol. The van der Waals surface area contributed by atoms with Crippen LogP contribution in [-0.2, 0) is 21.2 Å². The predicted octanol–water partition coefficient (Wildman–Crippen LogP) is 1.84. The standard InChI is InChI=1S/C12H17NO4S2/c1-2-3-8-6-10(8)13-19(16,17)12-5-4-9(18-12)7-11(14)15/h4-5,8,10,13H,2-3,6-7H2,1H3,(H,14,15). The van der Waals surface area contributed by atoms with E-state index in [4.69, 9.17) is 5.11 Å². The number of thiophene rings is 1. The lowest BCUT2D eigenvalue weighted by Crippen LogP contribution is -2.26. The second-order valence-electron chi connectivity index (χ2n) is 4.80. The van der Waals surface area contributed by atoms with Crippen LogP contribution in [0.15, 0.2) is 16.3 Å². The van der Waals surface area contributed by atoms with Crippen molar-refractivity contribution in [1.82, 2.24) is 4.72 Å². The van der Waals surface area contributed by atoms with Gasteiger partial charge in [-0.1, -0.05) is 13.3 Å². The highest BCUT2D eigenvalue weighted by molar-refractivity contribution is 7.91. The first kappa shape index (κ1) is 14.5. The Bertz CT molecular complexity index is 564. The first-order chi connectivity index (χ1) is 8.92. The Hall–Kier alpha value is -0.920. The average Bonchev–Trinajstić information content (AvgIpc) is 2.84. The molecule has 5 nitrogen and oxygen atoms in total. The number of rotatable bonds is 7. The number of hydrogen-bond donors (Lipinski definition) is 2. The maximum atomic E-state index is 12.1. The monoisotopic (exact) mass is 303 g/mol. The number of carbonyl (C=O) groups is 1. The first-order valence-corrected chi connectivity index (χ1v) is 8.55. The lowest BCUT2D eigenvalue weighted by molar-refractivity contribution is -0.136. The number of nitrogens with one attached hydrogen (secondary N) is 1. The molecule has 106 valence electrons. The van der Waals surface area contributed by atoms with Gasteiger partial charge in [0.05, 0.1) is 6.42 Å². The van der Waals surface area contributed by atoms with Crippen molar-refractivity contribution in [3.63, 3.8) is 0 Å². The molecule has 0 bridgehead atoms. The number of aliphatic carboxylic acids is 1. The van der Waals surface area contributed by atoms with Crippen LogP contribution in [0.3, 0.4) is 0 Å². The molecule has 1 aromatic rings. The third kappa shape index (κ3) is 3.77. The van der Waals surface area contributed by atoms with Crippen LogP contribution in [0.2, 0.25) is 0 Å². The summed E-state index contributed by atoms with van der Waals surface area (Å²) in [7, 11) is -3.49. The second kappa shape index (κ2) is 5.60. The van der Waals surface area contributed by atoms with E-state index in [0.29, 0.717) is 10.8 Å². The summed E-state index contributed by atoms with van der Waals surface area (Å²) < 4.78 is 27.0. The zero-order chi connectivity index (χ0) is 14.0. The van der Waals surface area contributed by atoms with Crippen molar-refractivity contribution in [2.24, 2.45) is 5.92 Å². The smallest absolute Gasteiger partial charge is 0.308 e. The van der Waals surface area contributed by atoms with Crippen molar-refractivity contribution in [3.8, 4) is 0 Å². The highest BCUT2D eigenvalue weighted by Crippen LogP contribution is 2.36. The second-order valence-corrected chi connectivity index (χ2v) is 7.91. The van der Waals surface area contributed by atoms with E-state index in [1.54, 1.807) is 6.07 Å². The van der Waals surface area contributed by atoms with Crippen molar-refractivity contribution < 1.29 is 18.3 Å². The Labute approximate surface area is 116 Å². The van der Waals surface area contributed by atoms with E-state index in [2.05, 4.69) is 11.6 Å². The zero-order valence-corrected chi connectivity index (χ0v) is 12.3. The minimum atomic E-state index is -3.49. The number of hydrogen-bond acceptors (Lipinski definition) is 4. The molecule has 2 N–H and O–H groups in total.